The Bertz CT molecular complexity index is 964. The number of alkyl halides is 3. The van der Waals surface area contributed by atoms with Crippen LogP contribution >= 0.6 is 11.8 Å². The quantitative estimate of drug-likeness (QED) is 0.375. The maximum atomic E-state index is 12.5. The summed E-state index contributed by atoms with van der Waals surface area (Å²) in [6.07, 6.45) is -3.07. The van der Waals surface area contributed by atoms with Crippen molar-refractivity contribution >= 4 is 34.7 Å². The number of carbonyl (C=O) groups is 1. The van der Waals surface area contributed by atoms with Gasteiger partial charge in [-0.1, -0.05) is 48.5 Å². The second-order valence-electron chi connectivity index (χ2n) is 5.68. The summed E-state index contributed by atoms with van der Waals surface area (Å²) in [7, 11) is 0. The number of nitrogens with zero attached hydrogens (tertiary/aromatic N) is 1. The Morgan fingerprint density at radius 1 is 1.00 bits per heavy atom. The van der Waals surface area contributed by atoms with Crippen molar-refractivity contribution in [3.63, 3.8) is 0 Å². The Labute approximate surface area is 158 Å². The van der Waals surface area contributed by atoms with E-state index in [9.17, 15) is 18.0 Å². The summed E-state index contributed by atoms with van der Waals surface area (Å²) in [5, 5.41) is 5.96. The van der Waals surface area contributed by atoms with E-state index in [1.165, 1.54) is 30.1 Å². The minimum atomic E-state index is -4.37. The first-order valence-corrected chi connectivity index (χ1v) is 9.02. The monoisotopic (exact) mass is 388 g/mol. The fourth-order valence-electron chi connectivity index (χ4n) is 2.43. The van der Waals surface area contributed by atoms with E-state index in [2.05, 4.69) is 10.5 Å². The van der Waals surface area contributed by atoms with Gasteiger partial charge >= 0.3 is 6.18 Å². The average Bonchev–Trinajstić information content (AvgIpc) is 2.66. The molecule has 0 atom stereocenters. The number of hydrazone groups is 1. The van der Waals surface area contributed by atoms with Crippen LogP contribution in [0, 0.1) is 0 Å². The van der Waals surface area contributed by atoms with Gasteiger partial charge in [-0.05, 0) is 34.5 Å². The minimum absolute atomic E-state index is 0.179. The zero-order valence-corrected chi connectivity index (χ0v) is 14.8. The van der Waals surface area contributed by atoms with Crippen LogP contribution in [0.1, 0.15) is 11.1 Å². The summed E-state index contributed by atoms with van der Waals surface area (Å²) in [6, 6.07) is 18.3. The highest BCUT2D eigenvalue weighted by Gasteiger charge is 2.29. The summed E-state index contributed by atoms with van der Waals surface area (Å²) < 4.78 is 37.5. The normalized spacial score (nSPS) is 11.8. The molecule has 0 fully saturated rings. The molecule has 3 aromatic rings. The predicted molar refractivity (Wildman–Crippen MR) is 102 cm³/mol. The molecule has 0 aliphatic rings. The highest BCUT2D eigenvalue weighted by atomic mass is 32.2. The van der Waals surface area contributed by atoms with E-state index >= 15 is 0 Å². The van der Waals surface area contributed by atoms with E-state index in [0.29, 0.717) is 5.56 Å². The summed E-state index contributed by atoms with van der Waals surface area (Å²) in [6.45, 7) is 0. The Morgan fingerprint density at radius 2 is 1.70 bits per heavy atom. The Kier molecular flexibility index (Phi) is 5.81. The van der Waals surface area contributed by atoms with Crippen LogP contribution in [-0.2, 0) is 11.0 Å². The zero-order chi connectivity index (χ0) is 19.3. The number of hydrogen-bond acceptors (Lipinski definition) is 3. The van der Waals surface area contributed by atoms with Crippen molar-refractivity contribution in [2.24, 2.45) is 5.10 Å². The summed E-state index contributed by atoms with van der Waals surface area (Å²) in [5.41, 5.74) is 2.12. The lowest BCUT2D eigenvalue weighted by Crippen LogP contribution is -2.19. The third-order valence-electron chi connectivity index (χ3n) is 3.75. The molecule has 0 unspecified atom stereocenters. The predicted octanol–water partition coefficient (Wildman–Crippen LogP) is 5.10. The van der Waals surface area contributed by atoms with Crippen LogP contribution in [0.5, 0.6) is 0 Å². The van der Waals surface area contributed by atoms with Crippen molar-refractivity contribution in [3.8, 4) is 0 Å². The van der Waals surface area contributed by atoms with Gasteiger partial charge in [-0.15, -0.1) is 11.8 Å². The van der Waals surface area contributed by atoms with Gasteiger partial charge in [0, 0.05) is 4.90 Å². The fraction of sp³-hybridized carbons (Fsp3) is 0.100. The van der Waals surface area contributed by atoms with Gasteiger partial charge in [0.2, 0.25) is 5.91 Å². The van der Waals surface area contributed by atoms with Crippen LogP contribution in [0.15, 0.2) is 76.7 Å². The lowest BCUT2D eigenvalue weighted by atomic mass is 10.1. The molecule has 138 valence electrons. The van der Waals surface area contributed by atoms with Gasteiger partial charge in [0.1, 0.15) is 0 Å². The maximum Gasteiger partial charge on any atom is 0.416 e. The molecule has 0 heterocycles. The molecule has 0 aliphatic carbocycles. The van der Waals surface area contributed by atoms with E-state index < -0.39 is 11.7 Å². The van der Waals surface area contributed by atoms with Crippen LogP contribution in [0.2, 0.25) is 0 Å². The van der Waals surface area contributed by atoms with E-state index in [1.807, 2.05) is 42.5 Å². The van der Waals surface area contributed by atoms with Gasteiger partial charge in [-0.25, -0.2) is 5.43 Å². The van der Waals surface area contributed by atoms with Gasteiger partial charge in [-0.3, -0.25) is 4.79 Å². The summed E-state index contributed by atoms with van der Waals surface area (Å²) in [5.74, 6) is -0.116. The van der Waals surface area contributed by atoms with Crippen LogP contribution in [0.3, 0.4) is 0 Å². The molecule has 1 N–H and O–H groups in total. The third-order valence-corrected chi connectivity index (χ3v) is 4.82. The number of rotatable bonds is 5. The Balaban J connectivity index is 1.54. The standard InChI is InChI=1S/C20H15F3N2OS/c21-20(22,23)16-10-8-14(9-11-16)12-24-25-19(26)13-27-18-7-3-5-15-4-1-2-6-17(15)18/h1-12H,13H2,(H,25,26). The molecule has 0 radical (unpaired) electrons. The number of hydrogen-bond donors (Lipinski definition) is 1. The van der Waals surface area contributed by atoms with E-state index in [-0.39, 0.29) is 11.7 Å². The fourth-order valence-corrected chi connectivity index (χ4v) is 3.30. The van der Waals surface area contributed by atoms with Gasteiger partial charge in [0.05, 0.1) is 17.5 Å². The van der Waals surface area contributed by atoms with Crippen molar-refractivity contribution in [1.82, 2.24) is 5.43 Å². The zero-order valence-electron chi connectivity index (χ0n) is 14.0. The van der Waals surface area contributed by atoms with Crippen molar-refractivity contribution < 1.29 is 18.0 Å². The first-order valence-electron chi connectivity index (χ1n) is 8.03. The molecule has 0 saturated heterocycles. The van der Waals surface area contributed by atoms with Crippen molar-refractivity contribution in [1.29, 1.82) is 0 Å². The van der Waals surface area contributed by atoms with Crippen LogP contribution in [0.25, 0.3) is 10.8 Å². The molecular formula is C20H15F3N2OS. The molecule has 0 bridgehead atoms. The highest BCUT2D eigenvalue weighted by Crippen LogP contribution is 2.29. The van der Waals surface area contributed by atoms with Gasteiger partial charge in [-0.2, -0.15) is 18.3 Å². The number of benzene rings is 3. The van der Waals surface area contributed by atoms with E-state index in [1.54, 1.807) is 0 Å². The number of halogens is 3. The molecular weight excluding hydrogens is 373 g/mol. The molecule has 3 nitrogen and oxygen atoms in total. The number of amides is 1. The molecule has 1 amide bonds. The molecule has 0 spiro atoms. The van der Waals surface area contributed by atoms with Crippen molar-refractivity contribution in [2.45, 2.75) is 11.1 Å². The number of nitrogens with one attached hydrogen (secondary N) is 1. The van der Waals surface area contributed by atoms with E-state index in [0.717, 1.165) is 27.8 Å². The molecule has 27 heavy (non-hydrogen) atoms. The molecule has 0 aliphatic heterocycles. The number of thioether (sulfide) groups is 1. The number of fused-ring (bicyclic) bond motifs is 1. The molecule has 7 heteroatoms. The van der Waals surface area contributed by atoms with Crippen molar-refractivity contribution in [2.75, 3.05) is 5.75 Å². The Morgan fingerprint density at radius 3 is 2.44 bits per heavy atom. The van der Waals surface area contributed by atoms with Crippen LogP contribution in [-0.4, -0.2) is 17.9 Å². The van der Waals surface area contributed by atoms with E-state index in [4.69, 9.17) is 0 Å². The molecule has 0 saturated carbocycles. The summed E-state index contributed by atoms with van der Waals surface area (Å²) in [4.78, 5) is 12.9. The van der Waals surface area contributed by atoms with Gasteiger partial charge in [0.15, 0.2) is 0 Å². The summed E-state index contributed by atoms with van der Waals surface area (Å²) >= 11 is 1.40. The molecule has 0 aromatic heterocycles. The maximum absolute atomic E-state index is 12.5. The Hall–Kier alpha value is -2.80. The van der Waals surface area contributed by atoms with Gasteiger partial charge in [0.25, 0.3) is 0 Å². The average molecular weight is 388 g/mol. The first-order chi connectivity index (χ1) is 12.9. The molecule has 3 aromatic carbocycles. The topological polar surface area (TPSA) is 41.5 Å². The molecule has 3 rings (SSSR count). The highest BCUT2D eigenvalue weighted by molar-refractivity contribution is 8.00. The lowest BCUT2D eigenvalue weighted by Gasteiger charge is -2.06. The number of carbonyl (C=O) groups excluding carboxylic acids is 1. The second-order valence-corrected chi connectivity index (χ2v) is 6.70. The minimum Gasteiger partial charge on any atom is -0.272 e. The van der Waals surface area contributed by atoms with Crippen LogP contribution < -0.4 is 5.43 Å². The van der Waals surface area contributed by atoms with Crippen molar-refractivity contribution in [3.05, 3.63) is 77.9 Å². The second kappa shape index (κ2) is 8.26. The SMILES string of the molecule is O=C(CSc1cccc2ccccc12)NN=Cc1ccc(C(F)(F)F)cc1. The third kappa shape index (κ3) is 5.10. The first kappa shape index (κ1) is 19.0. The van der Waals surface area contributed by atoms with Crippen LogP contribution in [0.4, 0.5) is 13.2 Å². The smallest absolute Gasteiger partial charge is 0.272 e. The largest absolute Gasteiger partial charge is 0.416 e. The van der Waals surface area contributed by atoms with Gasteiger partial charge < -0.3 is 0 Å². The lowest BCUT2D eigenvalue weighted by molar-refractivity contribution is -0.137.